The maximum Gasteiger partial charge on any atom is 0.356 e. The van der Waals surface area contributed by atoms with Crippen LogP contribution in [0.25, 0.3) is 0 Å². The van der Waals surface area contributed by atoms with Gasteiger partial charge in [0.2, 0.25) is 0 Å². The molecule has 0 saturated heterocycles. The summed E-state index contributed by atoms with van der Waals surface area (Å²) in [5, 5.41) is 9.42. The lowest BCUT2D eigenvalue weighted by atomic mass is 10.3. The van der Waals surface area contributed by atoms with E-state index in [0.29, 0.717) is 18.0 Å². The number of nitrogens with zero attached hydrogens (tertiary/aromatic N) is 1. The standard InChI is InChI=1S/C9H11NO4S/c1-5(11)8-7(9(12)13)10-6(15-8)3-4-14-2/h3-4H2,1-2H3,(H,12,13). The van der Waals surface area contributed by atoms with Gasteiger partial charge in [0.1, 0.15) is 4.88 Å². The van der Waals surface area contributed by atoms with Crippen molar-refractivity contribution in [2.24, 2.45) is 0 Å². The van der Waals surface area contributed by atoms with Crippen molar-refractivity contribution in [1.29, 1.82) is 0 Å². The molecule has 1 heterocycles. The number of carbonyl (C=O) groups excluding carboxylic acids is 1. The average Bonchev–Trinajstić information content (AvgIpc) is 2.58. The van der Waals surface area contributed by atoms with Crippen molar-refractivity contribution in [3.63, 3.8) is 0 Å². The Kier molecular flexibility index (Phi) is 3.93. The molecule has 0 radical (unpaired) electrons. The molecule has 6 heteroatoms. The number of carboxylic acid groups (broad SMARTS) is 1. The molecule has 0 bridgehead atoms. The third-order valence-corrected chi connectivity index (χ3v) is 2.93. The second-order valence-corrected chi connectivity index (χ2v) is 3.97. The number of hydrogen-bond donors (Lipinski definition) is 1. The van der Waals surface area contributed by atoms with Crippen LogP contribution in [0, 0.1) is 0 Å². The molecule has 0 aromatic carbocycles. The summed E-state index contributed by atoms with van der Waals surface area (Å²) in [6.45, 7) is 1.80. The molecule has 0 aliphatic heterocycles. The summed E-state index contributed by atoms with van der Waals surface area (Å²) in [6, 6.07) is 0. The maximum atomic E-state index is 11.1. The van der Waals surface area contributed by atoms with E-state index in [2.05, 4.69) is 4.98 Å². The van der Waals surface area contributed by atoms with Crippen molar-refractivity contribution in [2.45, 2.75) is 13.3 Å². The number of aromatic nitrogens is 1. The van der Waals surface area contributed by atoms with Gasteiger partial charge in [0.25, 0.3) is 0 Å². The fraction of sp³-hybridized carbons (Fsp3) is 0.444. The molecule has 82 valence electrons. The van der Waals surface area contributed by atoms with Crippen LogP contribution in [0.1, 0.15) is 32.1 Å². The first kappa shape index (κ1) is 11.8. The summed E-state index contributed by atoms with van der Waals surface area (Å²) in [5.41, 5.74) is -0.154. The first-order chi connectivity index (χ1) is 7.06. The lowest BCUT2D eigenvalue weighted by Gasteiger charge is -1.92. The fourth-order valence-electron chi connectivity index (χ4n) is 1.04. The normalized spacial score (nSPS) is 10.3. The number of thiazole rings is 1. The largest absolute Gasteiger partial charge is 0.476 e. The van der Waals surface area contributed by atoms with Crippen molar-refractivity contribution < 1.29 is 19.4 Å². The molecule has 15 heavy (non-hydrogen) atoms. The zero-order valence-electron chi connectivity index (χ0n) is 8.44. The van der Waals surface area contributed by atoms with Crippen LogP contribution in [0.15, 0.2) is 0 Å². The van der Waals surface area contributed by atoms with Gasteiger partial charge in [0.05, 0.1) is 11.6 Å². The zero-order chi connectivity index (χ0) is 11.4. The zero-order valence-corrected chi connectivity index (χ0v) is 9.26. The molecule has 1 aromatic heterocycles. The van der Waals surface area contributed by atoms with Crippen LogP contribution in [0.3, 0.4) is 0 Å². The highest BCUT2D eigenvalue weighted by atomic mass is 32.1. The van der Waals surface area contributed by atoms with Gasteiger partial charge in [-0.1, -0.05) is 0 Å². The molecule has 0 fully saturated rings. The Morgan fingerprint density at radius 1 is 1.53 bits per heavy atom. The van der Waals surface area contributed by atoms with Gasteiger partial charge in [-0.3, -0.25) is 4.79 Å². The Hall–Kier alpha value is -1.27. The fourth-order valence-corrected chi connectivity index (χ4v) is 1.98. The Morgan fingerprint density at radius 3 is 2.60 bits per heavy atom. The molecule has 0 spiro atoms. The minimum atomic E-state index is -1.17. The van der Waals surface area contributed by atoms with E-state index in [-0.39, 0.29) is 16.4 Å². The number of ether oxygens (including phenoxy) is 1. The van der Waals surface area contributed by atoms with E-state index >= 15 is 0 Å². The minimum absolute atomic E-state index is 0.154. The van der Waals surface area contributed by atoms with E-state index in [0.717, 1.165) is 11.3 Å². The van der Waals surface area contributed by atoms with E-state index in [9.17, 15) is 9.59 Å². The van der Waals surface area contributed by atoms with Crippen LogP contribution in [-0.4, -0.2) is 35.6 Å². The maximum absolute atomic E-state index is 11.1. The topological polar surface area (TPSA) is 76.5 Å². The van der Waals surface area contributed by atoms with Crippen LogP contribution in [0.2, 0.25) is 0 Å². The molecule has 0 atom stereocenters. The average molecular weight is 229 g/mol. The molecule has 0 saturated carbocycles. The van der Waals surface area contributed by atoms with E-state index < -0.39 is 5.97 Å². The summed E-state index contributed by atoms with van der Waals surface area (Å²) in [6.07, 6.45) is 0.523. The number of ketones is 1. The van der Waals surface area contributed by atoms with Crippen LogP contribution in [0.4, 0.5) is 0 Å². The number of Topliss-reactive ketones (excluding diaryl/α,β-unsaturated/α-hetero) is 1. The van der Waals surface area contributed by atoms with Crippen molar-refractivity contribution in [2.75, 3.05) is 13.7 Å². The second-order valence-electron chi connectivity index (χ2n) is 2.89. The molecule has 0 aliphatic rings. The van der Waals surface area contributed by atoms with Crippen LogP contribution >= 0.6 is 11.3 Å². The van der Waals surface area contributed by atoms with Gasteiger partial charge in [0, 0.05) is 20.5 Å². The Labute approximate surface area is 90.7 Å². The second kappa shape index (κ2) is 4.99. The van der Waals surface area contributed by atoms with E-state index in [1.807, 2.05) is 0 Å². The molecule has 5 nitrogen and oxygen atoms in total. The molecular formula is C9H11NO4S. The van der Waals surface area contributed by atoms with E-state index in [1.54, 1.807) is 7.11 Å². The van der Waals surface area contributed by atoms with Crippen LogP contribution < -0.4 is 0 Å². The summed E-state index contributed by atoms with van der Waals surface area (Å²) in [4.78, 5) is 26.0. The molecular weight excluding hydrogens is 218 g/mol. The molecule has 0 amide bonds. The molecule has 0 unspecified atom stereocenters. The van der Waals surface area contributed by atoms with Crippen LogP contribution in [0.5, 0.6) is 0 Å². The van der Waals surface area contributed by atoms with Gasteiger partial charge < -0.3 is 9.84 Å². The number of carbonyl (C=O) groups is 2. The lowest BCUT2D eigenvalue weighted by Crippen LogP contribution is -2.04. The van der Waals surface area contributed by atoms with Gasteiger partial charge in [-0.2, -0.15) is 0 Å². The van der Waals surface area contributed by atoms with Crippen molar-refractivity contribution in [3.05, 3.63) is 15.6 Å². The Bertz CT molecular complexity index is 354. The third-order valence-electron chi connectivity index (χ3n) is 1.71. The Morgan fingerprint density at radius 2 is 2.20 bits per heavy atom. The van der Waals surface area contributed by atoms with Crippen LogP contribution in [-0.2, 0) is 11.2 Å². The highest BCUT2D eigenvalue weighted by Crippen LogP contribution is 2.19. The van der Waals surface area contributed by atoms with Crippen molar-refractivity contribution in [3.8, 4) is 0 Å². The smallest absolute Gasteiger partial charge is 0.356 e. The number of hydrogen-bond acceptors (Lipinski definition) is 5. The lowest BCUT2D eigenvalue weighted by molar-refractivity contribution is 0.0686. The SMILES string of the molecule is COCCc1nc(C(=O)O)c(C(C)=O)s1. The number of aromatic carboxylic acids is 1. The molecule has 0 aliphatic carbocycles. The van der Waals surface area contributed by atoms with Crippen molar-refractivity contribution >= 4 is 23.1 Å². The monoisotopic (exact) mass is 229 g/mol. The number of methoxy groups -OCH3 is 1. The van der Waals surface area contributed by atoms with E-state index in [1.165, 1.54) is 6.92 Å². The molecule has 1 aromatic rings. The Balaban J connectivity index is 2.98. The highest BCUT2D eigenvalue weighted by Gasteiger charge is 2.19. The van der Waals surface area contributed by atoms with Gasteiger partial charge in [-0.05, 0) is 0 Å². The summed E-state index contributed by atoms with van der Waals surface area (Å²) >= 11 is 1.11. The van der Waals surface area contributed by atoms with Gasteiger partial charge in [0.15, 0.2) is 11.5 Å². The van der Waals surface area contributed by atoms with E-state index in [4.69, 9.17) is 9.84 Å². The highest BCUT2D eigenvalue weighted by molar-refractivity contribution is 7.14. The van der Waals surface area contributed by atoms with Gasteiger partial charge in [-0.15, -0.1) is 11.3 Å². The number of rotatable bonds is 5. The third kappa shape index (κ3) is 2.84. The van der Waals surface area contributed by atoms with Crippen molar-refractivity contribution in [1.82, 2.24) is 4.98 Å². The van der Waals surface area contributed by atoms with Gasteiger partial charge >= 0.3 is 5.97 Å². The first-order valence-electron chi connectivity index (χ1n) is 4.29. The summed E-state index contributed by atoms with van der Waals surface area (Å²) in [5.74, 6) is -1.44. The number of carboxylic acids is 1. The predicted octanol–water partition coefficient (Wildman–Crippen LogP) is 1.23. The molecule has 1 rings (SSSR count). The first-order valence-corrected chi connectivity index (χ1v) is 5.10. The summed E-state index contributed by atoms with van der Waals surface area (Å²) in [7, 11) is 1.55. The molecule has 1 N–H and O–H groups in total. The minimum Gasteiger partial charge on any atom is -0.476 e. The quantitative estimate of drug-likeness (QED) is 0.768. The summed E-state index contributed by atoms with van der Waals surface area (Å²) < 4.78 is 4.85. The van der Waals surface area contributed by atoms with Gasteiger partial charge in [-0.25, -0.2) is 9.78 Å². The predicted molar refractivity (Wildman–Crippen MR) is 54.7 cm³/mol.